The molecule has 0 spiro atoms. The lowest BCUT2D eigenvalue weighted by Crippen LogP contribution is -2.57. The first-order chi connectivity index (χ1) is 12.0. The molecule has 1 fully saturated rings. The molecule has 0 bridgehead atoms. The third-order valence-electron chi connectivity index (χ3n) is 4.14. The summed E-state index contributed by atoms with van der Waals surface area (Å²) >= 11 is 1.28. The van der Waals surface area contributed by atoms with Crippen LogP contribution < -0.4 is 5.32 Å². The van der Waals surface area contributed by atoms with Gasteiger partial charge in [0.2, 0.25) is 0 Å². The van der Waals surface area contributed by atoms with Gasteiger partial charge in [-0.25, -0.2) is 14.2 Å². The van der Waals surface area contributed by atoms with Gasteiger partial charge in [-0.1, -0.05) is 12.1 Å². The second kappa shape index (κ2) is 7.28. The van der Waals surface area contributed by atoms with Gasteiger partial charge in [-0.05, 0) is 17.7 Å². The van der Waals surface area contributed by atoms with E-state index in [1.54, 1.807) is 17.5 Å². The van der Waals surface area contributed by atoms with E-state index in [1.807, 2.05) is 0 Å². The maximum atomic E-state index is 13.2. The van der Waals surface area contributed by atoms with Crippen molar-refractivity contribution in [2.24, 2.45) is 0 Å². The fourth-order valence-corrected chi connectivity index (χ4v) is 3.52. The highest BCUT2D eigenvalue weighted by Gasteiger charge is 2.42. The van der Waals surface area contributed by atoms with Crippen molar-refractivity contribution in [1.82, 2.24) is 10.3 Å². The maximum Gasteiger partial charge on any atom is 0.329 e. The zero-order chi connectivity index (χ0) is 17.9. The van der Waals surface area contributed by atoms with Gasteiger partial charge in [0.1, 0.15) is 17.1 Å². The average molecular weight is 364 g/mol. The van der Waals surface area contributed by atoms with Crippen molar-refractivity contribution < 1.29 is 23.8 Å². The Morgan fingerprint density at radius 3 is 2.80 bits per heavy atom. The van der Waals surface area contributed by atoms with Crippen LogP contribution in [0.3, 0.4) is 0 Å². The van der Waals surface area contributed by atoms with E-state index in [0.717, 1.165) is 5.56 Å². The summed E-state index contributed by atoms with van der Waals surface area (Å²) in [6.45, 7) is 0.572. The normalized spacial score (nSPS) is 16.4. The summed E-state index contributed by atoms with van der Waals surface area (Å²) in [4.78, 5) is 28.3. The molecule has 1 aromatic heterocycles. The molecule has 0 atom stereocenters. The predicted molar refractivity (Wildman–Crippen MR) is 89.2 cm³/mol. The number of hydrogen-bond donors (Lipinski definition) is 2. The fraction of sp³-hybridized carbons (Fsp3) is 0.353. The Kier molecular flexibility index (Phi) is 5.10. The lowest BCUT2D eigenvalue weighted by atomic mass is 9.90. The lowest BCUT2D eigenvalue weighted by Gasteiger charge is -2.33. The van der Waals surface area contributed by atoms with Crippen molar-refractivity contribution in [3.05, 3.63) is 51.7 Å². The van der Waals surface area contributed by atoms with E-state index in [4.69, 9.17) is 4.74 Å². The lowest BCUT2D eigenvalue weighted by molar-refractivity contribution is -0.148. The SMILES string of the molecule is O=C(NC1(C(=O)O)CCOCC1)c1csc(Cc2cccc(F)c2)n1. The van der Waals surface area contributed by atoms with Gasteiger partial charge in [-0.2, -0.15) is 0 Å². The Morgan fingerprint density at radius 1 is 1.36 bits per heavy atom. The standard InChI is InChI=1S/C17H17FN2O4S/c18-12-3-1-2-11(8-12)9-14-19-13(10-25-14)15(21)20-17(16(22)23)4-6-24-7-5-17/h1-3,8,10H,4-7,9H2,(H,20,21)(H,22,23). The molecule has 2 heterocycles. The molecule has 3 rings (SSSR count). The van der Waals surface area contributed by atoms with Crippen LogP contribution in [0.1, 0.15) is 33.9 Å². The van der Waals surface area contributed by atoms with Crippen LogP contribution in [0.2, 0.25) is 0 Å². The van der Waals surface area contributed by atoms with Crippen LogP contribution in [0, 0.1) is 5.82 Å². The minimum Gasteiger partial charge on any atom is -0.480 e. The van der Waals surface area contributed by atoms with Crippen LogP contribution in [0.4, 0.5) is 4.39 Å². The molecule has 0 aliphatic carbocycles. The van der Waals surface area contributed by atoms with E-state index in [2.05, 4.69) is 10.3 Å². The number of halogens is 1. The summed E-state index contributed by atoms with van der Waals surface area (Å²) in [5.74, 6) is -1.92. The fourth-order valence-electron chi connectivity index (χ4n) is 2.71. The van der Waals surface area contributed by atoms with Gasteiger partial charge in [0.05, 0.1) is 5.01 Å². The topological polar surface area (TPSA) is 88.5 Å². The smallest absolute Gasteiger partial charge is 0.329 e. The minimum atomic E-state index is -1.32. The molecule has 6 nitrogen and oxygen atoms in total. The van der Waals surface area contributed by atoms with Crippen molar-refractivity contribution in [2.75, 3.05) is 13.2 Å². The monoisotopic (exact) mass is 364 g/mol. The summed E-state index contributed by atoms with van der Waals surface area (Å²) in [7, 11) is 0. The van der Waals surface area contributed by atoms with E-state index in [1.165, 1.54) is 23.5 Å². The highest BCUT2D eigenvalue weighted by molar-refractivity contribution is 7.09. The Labute approximate surface area is 147 Å². The predicted octanol–water partition coefficient (Wildman–Crippen LogP) is 2.24. The van der Waals surface area contributed by atoms with E-state index >= 15 is 0 Å². The first kappa shape index (κ1) is 17.5. The highest BCUT2D eigenvalue weighted by Crippen LogP contribution is 2.22. The first-order valence-electron chi connectivity index (χ1n) is 7.81. The van der Waals surface area contributed by atoms with Crippen molar-refractivity contribution in [3.63, 3.8) is 0 Å². The molecule has 1 aliphatic rings. The third kappa shape index (κ3) is 4.02. The van der Waals surface area contributed by atoms with Gasteiger partial charge in [-0.3, -0.25) is 4.79 Å². The van der Waals surface area contributed by atoms with Crippen molar-refractivity contribution in [3.8, 4) is 0 Å². The summed E-state index contributed by atoms with van der Waals surface area (Å²) in [5.41, 5.74) is -0.391. The second-order valence-corrected chi connectivity index (χ2v) is 6.83. The summed E-state index contributed by atoms with van der Waals surface area (Å²) in [5, 5.41) is 14.3. The molecular weight excluding hydrogens is 347 g/mol. The van der Waals surface area contributed by atoms with Crippen LogP contribution >= 0.6 is 11.3 Å². The molecule has 8 heteroatoms. The number of benzene rings is 1. The molecule has 0 unspecified atom stereocenters. The number of thiazole rings is 1. The molecular formula is C17H17FN2O4S. The summed E-state index contributed by atoms with van der Waals surface area (Å²) in [6.07, 6.45) is 0.844. The average Bonchev–Trinajstić information content (AvgIpc) is 3.04. The third-order valence-corrected chi connectivity index (χ3v) is 4.99. The number of carboxylic acid groups (broad SMARTS) is 1. The number of carbonyl (C=O) groups is 2. The van der Waals surface area contributed by atoms with Crippen molar-refractivity contribution in [1.29, 1.82) is 0 Å². The molecule has 2 N–H and O–H groups in total. The zero-order valence-corrected chi connectivity index (χ0v) is 14.1. The largest absolute Gasteiger partial charge is 0.480 e. The number of hydrogen-bond acceptors (Lipinski definition) is 5. The minimum absolute atomic E-state index is 0.170. The van der Waals surface area contributed by atoms with Gasteiger partial charge in [0.25, 0.3) is 5.91 Å². The van der Waals surface area contributed by atoms with Gasteiger partial charge in [-0.15, -0.1) is 11.3 Å². The summed E-state index contributed by atoms with van der Waals surface area (Å²) < 4.78 is 18.4. The number of aromatic nitrogens is 1. The Hall–Kier alpha value is -2.32. The molecule has 132 valence electrons. The van der Waals surface area contributed by atoms with Gasteiger partial charge < -0.3 is 15.2 Å². The molecule has 0 radical (unpaired) electrons. The van der Waals surface area contributed by atoms with Gasteiger partial charge in [0.15, 0.2) is 0 Å². The number of carbonyl (C=O) groups excluding carboxylic acids is 1. The summed E-state index contributed by atoms with van der Waals surface area (Å²) in [6, 6.07) is 6.19. The zero-order valence-electron chi connectivity index (χ0n) is 13.3. The quantitative estimate of drug-likeness (QED) is 0.849. The number of rotatable bonds is 5. The van der Waals surface area contributed by atoms with Gasteiger partial charge >= 0.3 is 5.97 Å². The Morgan fingerprint density at radius 2 is 2.12 bits per heavy atom. The van der Waals surface area contributed by atoms with Crippen LogP contribution in [0.5, 0.6) is 0 Å². The molecule has 2 aromatic rings. The van der Waals surface area contributed by atoms with Gasteiger partial charge in [0, 0.05) is 37.9 Å². The number of amides is 1. The number of nitrogens with one attached hydrogen (secondary N) is 1. The maximum absolute atomic E-state index is 13.2. The molecule has 1 amide bonds. The number of nitrogens with zero attached hydrogens (tertiary/aromatic N) is 1. The second-order valence-electron chi connectivity index (χ2n) is 5.89. The van der Waals surface area contributed by atoms with Crippen molar-refractivity contribution >= 4 is 23.2 Å². The van der Waals surface area contributed by atoms with Crippen molar-refractivity contribution in [2.45, 2.75) is 24.8 Å². The molecule has 1 saturated heterocycles. The first-order valence-corrected chi connectivity index (χ1v) is 8.69. The molecule has 1 aromatic carbocycles. The van der Waals surface area contributed by atoms with Crippen LogP contribution in [0.25, 0.3) is 0 Å². The Bertz CT molecular complexity index is 786. The highest BCUT2D eigenvalue weighted by atomic mass is 32.1. The number of ether oxygens (including phenoxy) is 1. The number of carboxylic acids is 1. The van der Waals surface area contributed by atoms with Crippen LogP contribution in [-0.4, -0.2) is 40.7 Å². The molecule has 1 aliphatic heterocycles. The van der Waals surface area contributed by atoms with Crippen LogP contribution in [0.15, 0.2) is 29.6 Å². The van der Waals surface area contributed by atoms with E-state index in [0.29, 0.717) is 11.4 Å². The van der Waals surface area contributed by atoms with E-state index in [-0.39, 0.29) is 37.6 Å². The van der Waals surface area contributed by atoms with E-state index in [9.17, 15) is 19.1 Å². The molecule has 25 heavy (non-hydrogen) atoms. The molecule has 0 saturated carbocycles. The van der Waals surface area contributed by atoms with Crippen LogP contribution in [-0.2, 0) is 16.0 Å². The van der Waals surface area contributed by atoms with E-state index < -0.39 is 17.4 Å². The number of aliphatic carboxylic acids is 1. The Balaban J connectivity index is 1.70.